The first kappa shape index (κ1) is 20.4. The van der Waals surface area contributed by atoms with Crippen molar-refractivity contribution in [2.24, 2.45) is 0 Å². The van der Waals surface area contributed by atoms with E-state index in [1.807, 2.05) is 24.0 Å². The SMILES string of the molecule is O=C([C@@H]1CSC[C@@H](c2cccnc2)N1)N1CCN(CCCc2ccccc2)CC1. The highest BCUT2D eigenvalue weighted by molar-refractivity contribution is 7.99. The number of rotatable bonds is 6. The number of amides is 1. The molecule has 0 bridgehead atoms. The molecule has 0 saturated carbocycles. The van der Waals surface area contributed by atoms with Gasteiger partial charge in [-0.1, -0.05) is 36.4 Å². The van der Waals surface area contributed by atoms with Crippen LogP contribution in [0, 0.1) is 0 Å². The van der Waals surface area contributed by atoms with E-state index in [0.717, 1.165) is 50.7 Å². The summed E-state index contributed by atoms with van der Waals surface area (Å²) in [7, 11) is 0. The fourth-order valence-electron chi connectivity index (χ4n) is 4.12. The van der Waals surface area contributed by atoms with Crippen LogP contribution < -0.4 is 5.32 Å². The molecule has 29 heavy (non-hydrogen) atoms. The van der Waals surface area contributed by atoms with E-state index in [1.54, 1.807) is 6.20 Å². The maximum Gasteiger partial charge on any atom is 0.240 e. The van der Waals surface area contributed by atoms with Gasteiger partial charge in [-0.25, -0.2) is 0 Å². The molecule has 0 radical (unpaired) electrons. The Hall–Kier alpha value is -1.89. The number of aryl methyl sites for hydroxylation is 1. The Morgan fingerprint density at radius 3 is 2.66 bits per heavy atom. The minimum absolute atomic E-state index is 0.0939. The van der Waals surface area contributed by atoms with E-state index in [9.17, 15) is 4.79 Å². The van der Waals surface area contributed by atoms with Crippen LogP contribution in [0.5, 0.6) is 0 Å². The predicted molar refractivity (Wildman–Crippen MR) is 119 cm³/mol. The average Bonchev–Trinajstić information content (AvgIpc) is 2.80. The zero-order valence-electron chi connectivity index (χ0n) is 16.9. The fraction of sp³-hybridized carbons (Fsp3) is 0.478. The van der Waals surface area contributed by atoms with E-state index in [-0.39, 0.29) is 18.0 Å². The highest BCUT2D eigenvalue weighted by Crippen LogP contribution is 2.25. The van der Waals surface area contributed by atoms with Gasteiger partial charge in [-0.05, 0) is 36.6 Å². The number of piperazine rings is 1. The monoisotopic (exact) mass is 410 g/mol. The normalized spacial score (nSPS) is 23.1. The molecule has 0 spiro atoms. The molecular weight excluding hydrogens is 380 g/mol. The Bertz CT molecular complexity index is 765. The van der Waals surface area contributed by atoms with Crippen molar-refractivity contribution in [2.75, 3.05) is 44.2 Å². The second-order valence-electron chi connectivity index (χ2n) is 7.85. The van der Waals surface area contributed by atoms with Gasteiger partial charge >= 0.3 is 0 Å². The van der Waals surface area contributed by atoms with Crippen molar-refractivity contribution in [3.63, 3.8) is 0 Å². The van der Waals surface area contributed by atoms with Crippen molar-refractivity contribution >= 4 is 17.7 Å². The molecule has 2 saturated heterocycles. The van der Waals surface area contributed by atoms with Crippen LogP contribution in [-0.2, 0) is 11.2 Å². The Kier molecular flexibility index (Phi) is 7.19. The molecule has 0 unspecified atom stereocenters. The van der Waals surface area contributed by atoms with E-state index < -0.39 is 0 Å². The van der Waals surface area contributed by atoms with Gasteiger partial charge in [0, 0.05) is 56.1 Å². The molecule has 1 amide bonds. The molecule has 2 aromatic rings. The summed E-state index contributed by atoms with van der Waals surface area (Å²) in [6.07, 6.45) is 5.99. The van der Waals surface area contributed by atoms with Gasteiger partial charge in [0.05, 0.1) is 6.04 Å². The van der Waals surface area contributed by atoms with Gasteiger partial charge in [0.15, 0.2) is 0 Å². The summed E-state index contributed by atoms with van der Waals surface area (Å²) in [6.45, 7) is 4.74. The lowest BCUT2D eigenvalue weighted by atomic mass is 10.1. The summed E-state index contributed by atoms with van der Waals surface area (Å²) in [5, 5.41) is 3.56. The molecule has 1 aromatic heterocycles. The smallest absolute Gasteiger partial charge is 0.240 e. The van der Waals surface area contributed by atoms with Crippen LogP contribution >= 0.6 is 11.8 Å². The summed E-state index contributed by atoms with van der Waals surface area (Å²) < 4.78 is 0. The Labute approximate surface area is 177 Å². The second kappa shape index (κ2) is 10.2. The molecule has 154 valence electrons. The molecule has 6 heteroatoms. The van der Waals surface area contributed by atoms with Gasteiger partial charge in [-0.15, -0.1) is 0 Å². The molecule has 2 aliphatic heterocycles. The lowest BCUT2D eigenvalue weighted by Crippen LogP contribution is -2.56. The molecular formula is C23H30N4OS. The molecule has 2 aliphatic rings. The third kappa shape index (κ3) is 5.59. The van der Waals surface area contributed by atoms with Crippen molar-refractivity contribution in [3.05, 3.63) is 66.0 Å². The summed E-state index contributed by atoms with van der Waals surface area (Å²) in [5.74, 6) is 2.10. The lowest BCUT2D eigenvalue weighted by molar-refractivity contribution is -0.134. The first-order valence-corrected chi connectivity index (χ1v) is 11.7. The summed E-state index contributed by atoms with van der Waals surface area (Å²) >= 11 is 1.86. The van der Waals surface area contributed by atoms with Gasteiger partial charge in [0.25, 0.3) is 0 Å². The number of benzene rings is 1. The van der Waals surface area contributed by atoms with E-state index in [0.29, 0.717) is 0 Å². The van der Waals surface area contributed by atoms with Gasteiger partial charge in [-0.2, -0.15) is 11.8 Å². The van der Waals surface area contributed by atoms with Crippen LogP contribution in [0.3, 0.4) is 0 Å². The standard InChI is InChI=1S/C23H30N4OS/c28-23(22-18-29-17-21(25-22)20-9-4-10-24-16-20)27-14-12-26(13-15-27)11-5-8-19-6-2-1-3-7-19/h1-4,6-7,9-10,16,21-22,25H,5,8,11-15,17-18H2/t21-,22-/m0/s1. The van der Waals surface area contributed by atoms with E-state index in [2.05, 4.69) is 56.5 Å². The zero-order chi connectivity index (χ0) is 19.9. The number of hydrogen-bond donors (Lipinski definition) is 1. The number of pyridine rings is 1. The third-order valence-electron chi connectivity index (χ3n) is 5.82. The summed E-state index contributed by atoms with van der Waals surface area (Å²) in [6, 6.07) is 14.8. The van der Waals surface area contributed by atoms with Crippen molar-refractivity contribution in [2.45, 2.75) is 24.9 Å². The molecule has 2 atom stereocenters. The highest BCUT2D eigenvalue weighted by Gasteiger charge is 2.32. The maximum atomic E-state index is 13.1. The third-order valence-corrected chi connectivity index (χ3v) is 6.96. The Morgan fingerprint density at radius 2 is 1.90 bits per heavy atom. The second-order valence-corrected chi connectivity index (χ2v) is 8.93. The largest absolute Gasteiger partial charge is 0.339 e. The number of carbonyl (C=O) groups excluding carboxylic acids is 1. The van der Waals surface area contributed by atoms with E-state index in [1.165, 1.54) is 17.5 Å². The van der Waals surface area contributed by atoms with Crippen LogP contribution in [-0.4, -0.2) is 71.0 Å². The van der Waals surface area contributed by atoms with Gasteiger partial charge in [-0.3, -0.25) is 20.0 Å². The van der Waals surface area contributed by atoms with Crippen molar-refractivity contribution in [1.29, 1.82) is 0 Å². The summed E-state index contributed by atoms with van der Waals surface area (Å²) in [5.41, 5.74) is 2.58. The Morgan fingerprint density at radius 1 is 1.07 bits per heavy atom. The molecule has 5 nitrogen and oxygen atoms in total. The topological polar surface area (TPSA) is 48.5 Å². The molecule has 1 N–H and O–H groups in total. The lowest BCUT2D eigenvalue weighted by Gasteiger charge is -2.38. The fourth-order valence-corrected chi connectivity index (χ4v) is 5.26. The van der Waals surface area contributed by atoms with Crippen LogP contribution in [0.4, 0.5) is 0 Å². The molecule has 2 fully saturated rings. The highest BCUT2D eigenvalue weighted by atomic mass is 32.2. The number of hydrogen-bond acceptors (Lipinski definition) is 5. The van der Waals surface area contributed by atoms with Crippen molar-refractivity contribution < 1.29 is 4.79 Å². The van der Waals surface area contributed by atoms with Gasteiger partial charge in [0.1, 0.15) is 0 Å². The molecule has 4 rings (SSSR count). The van der Waals surface area contributed by atoms with E-state index >= 15 is 0 Å². The number of nitrogens with zero attached hydrogens (tertiary/aromatic N) is 3. The van der Waals surface area contributed by atoms with Crippen LogP contribution in [0.1, 0.15) is 23.6 Å². The van der Waals surface area contributed by atoms with E-state index in [4.69, 9.17) is 0 Å². The molecule has 1 aromatic carbocycles. The number of carbonyl (C=O) groups is 1. The number of aromatic nitrogens is 1. The minimum atomic E-state index is -0.0939. The minimum Gasteiger partial charge on any atom is -0.339 e. The van der Waals surface area contributed by atoms with Crippen molar-refractivity contribution in [1.82, 2.24) is 20.1 Å². The first-order valence-electron chi connectivity index (χ1n) is 10.6. The van der Waals surface area contributed by atoms with Gasteiger partial charge in [0.2, 0.25) is 5.91 Å². The predicted octanol–water partition coefficient (Wildman–Crippen LogP) is 2.60. The van der Waals surface area contributed by atoms with Crippen LogP contribution in [0.25, 0.3) is 0 Å². The van der Waals surface area contributed by atoms with Crippen LogP contribution in [0.2, 0.25) is 0 Å². The first-order chi connectivity index (χ1) is 14.3. The average molecular weight is 411 g/mol. The van der Waals surface area contributed by atoms with Crippen LogP contribution in [0.15, 0.2) is 54.9 Å². The van der Waals surface area contributed by atoms with Gasteiger partial charge < -0.3 is 4.90 Å². The molecule has 3 heterocycles. The summed E-state index contributed by atoms with van der Waals surface area (Å²) in [4.78, 5) is 21.8. The molecule has 0 aliphatic carbocycles. The number of thioether (sulfide) groups is 1. The zero-order valence-corrected chi connectivity index (χ0v) is 17.7. The number of nitrogens with one attached hydrogen (secondary N) is 1. The Balaban J connectivity index is 1.21. The maximum absolute atomic E-state index is 13.1. The quantitative estimate of drug-likeness (QED) is 0.793. The van der Waals surface area contributed by atoms with Crippen molar-refractivity contribution in [3.8, 4) is 0 Å².